The van der Waals surface area contributed by atoms with Gasteiger partial charge in [0.15, 0.2) is 0 Å². The molecule has 0 spiro atoms. The average Bonchev–Trinajstić information content (AvgIpc) is 3.17. The van der Waals surface area contributed by atoms with Gasteiger partial charge in [-0.3, -0.25) is 4.90 Å². The van der Waals surface area contributed by atoms with Crippen molar-refractivity contribution in [3.63, 3.8) is 0 Å². The Bertz CT molecular complexity index is 881. The summed E-state index contributed by atoms with van der Waals surface area (Å²) in [5.41, 5.74) is 4.48. The van der Waals surface area contributed by atoms with E-state index in [4.69, 9.17) is 9.15 Å². The molecule has 0 amide bonds. The summed E-state index contributed by atoms with van der Waals surface area (Å²) in [5, 5.41) is 0. The molecule has 1 aromatic heterocycles. The Labute approximate surface area is 160 Å². The Morgan fingerprint density at radius 3 is 2.52 bits per heavy atom. The highest BCUT2D eigenvalue weighted by Crippen LogP contribution is 2.22. The standard InChI is InChI=1S/C22H25N3O2/c1-17-4-3-5-18(14-17)22-23-19(16-27-22)15-24-10-12-25(13-11-24)20-6-8-21(26-2)9-7-20/h3-9,14,16H,10-13,15H2,1-2H3. The number of methoxy groups -OCH3 is 1. The van der Waals surface area contributed by atoms with Gasteiger partial charge in [-0.05, 0) is 43.3 Å². The number of aryl methyl sites for hydroxylation is 1. The van der Waals surface area contributed by atoms with Gasteiger partial charge in [0, 0.05) is 44.0 Å². The van der Waals surface area contributed by atoms with E-state index in [-0.39, 0.29) is 0 Å². The van der Waals surface area contributed by atoms with E-state index in [2.05, 4.69) is 46.0 Å². The maximum atomic E-state index is 5.70. The number of hydrogen-bond donors (Lipinski definition) is 0. The highest BCUT2D eigenvalue weighted by molar-refractivity contribution is 5.54. The molecular formula is C22H25N3O2. The number of nitrogens with zero attached hydrogens (tertiary/aromatic N) is 3. The molecule has 1 fully saturated rings. The van der Waals surface area contributed by atoms with Crippen molar-refractivity contribution in [1.29, 1.82) is 0 Å². The van der Waals surface area contributed by atoms with E-state index >= 15 is 0 Å². The topological polar surface area (TPSA) is 41.7 Å². The fourth-order valence-electron chi connectivity index (χ4n) is 3.48. The maximum Gasteiger partial charge on any atom is 0.226 e. The van der Waals surface area contributed by atoms with Gasteiger partial charge in [-0.2, -0.15) is 0 Å². The summed E-state index contributed by atoms with van der Waals surface area (Å²) in [4.78, 5) is 9.52. The Morgan fingerprint density at radius 2 is 1.81 bits per heavy atom. The largest absolute Gasteiger partial charge is 0.497 e. The molecule has 1 saturated heterocycles. The molecule has 0 N–H and O–H groups in total. The first kappa shape index (κ1) is 17.6. The van der Waals surface area contributed by atoms with E-state index in [0.717, 1.165) is 49.7 Å². The average molecular weight is 363 g/mol. The smallest absolute Gasteiger partial charge is 0.226 e. The highest BCUT2D eigenvalue weighted by atomic mass is 16.5. The molecule has 0 unspecified atom stereocenters. The first-order chi connectivity index (χ1) is 13.2. The van der Waals surface area contributed by atoms with E-state index < -0.39 is 0 Å². The summed E-state index contributed by atoms with van der Waals surface area (Å²) in [5.74, 6) is 1.60. The lowest BCUT2D eigenvalue weighted by molar-refractivity contribution is 0.247. The molecule has 0 atom stereocenters. The Kier molecular flexibility index (Phi) is 5.12. The Morgan fingerprint density at radius 1 is 1.04 bits per heavy atom. The normalized spacial score (nSPS) is 15.1. The van der Waals surface area contributed by atoms with Crippen molar-refractivity contribution < 1.29 is 9.15 Å². The number of benzene rings is 2. The van der Waals surface area contributed by atoms with Crippen LogP contribution in [0.1, 0.15) is 11.3 Å². The van der Waals surface area contributed by atoms with Crippen molar-refractivity contribution in [3.05, 3.63) is 66.1 Å². The van der Waals surface area contributed by atoms with E-state index in [9.17, 15) is 0 Å². The molecular weight excluding hydrogens is 338 g/mol. The van der Waals surface area contributed by atoms with Crippen LogP contribution in [0.5, 0.6) is 5.75 Å². The number of piperazine rings is 1. The van der Waals surface area contributed by atoms with Gasteiger partial charge in [0.25, 0.3) is 0 Å². The number of ether oxygens (including phenoxy) is 1. The fourth-order valence-corrected chi connectivity index (χ4v) is 3.48. The van der Waals surface area contributed by atoms with Crippen LogP contribution >= 0.6 is 0 Å². The molecule has 5 nitrogen and oxygen atoms in total. The molecule has 0 saturated carbocycles. The van der Waals surface area contributed by atoms with Crippen molar-refractivity contribution in [3.8, 4) is 17.2 Å². The highest BCUT2D eigenvalue weighted by Gasteiger charge is 2.19. The third-order valence-corrected chi connectivity index (χ3v) is 5.01. The maximum absolute atomic E-state index is 5.70. The van der Waals surface area contributed by atoms with E-state index in [1.165, 1.54) is 11.3 Å². The number of rotatable bonds is 5. The van der Waals surface area contributed by atoms with Crippen LogP contribution in [0.3, 0.4) is 0 Å². The molecule has 3 aromatic rings. The van der Waals surface area contributed by atoms with Gasteiger partial charge < -0.3 is 14.1 Å². The zero-order valence-electron chi connectivity index (χ0n) is 15.9. The second kappa shape index (κ2) is 7.84. The molecule has 0 aliphatic carbocycles. The van der Waals surface area contributed by atoms with Crippen molar-refractivity contribution in [2.45, 2.75) is 13.5 Å². The summed E-state index contributed by atoms with van der Waals surface area (Å²) in [6, 6.07) is 16.5. The molecule has 1 aliphatic rings. The van der Waals surface area contributed by atoms with Crippen LogP contribution in [0.25, 0.3) is 11.5 Å². The van der Waals surface area contributed by atoms with Crippen molar-refractivity contribution in [1.82, 2.24) is 9.88 Å². The van der Waals surface area contributed by atoms with Crippen LogP contribution in [-0.4, -0.2) is 43.2 Å². The lowest BCUT2D eigenvalue weighted by atomic mass is 10.1. The molecule has 0 radical (unpaired) electrons. The molecule has 140 valence electrons. The predicted molar refractivity (Wildman–Crippen MR) is 107 cm³/mol. The van der Waals surface area contributed by atoms with Gasteiger partial charge in [0.1, 0.15) is 12.0 Å². The van der Waals surface area contributed by atoms with Crippen LogP contribution < -0.4 is 9.64 Å². The summed E-state index contributed by atoms with van der Waals surface area (Å²) in [7, 11) is 1.70. The summed E-state index contributed by atoms with van der Waals surface area (Å²) >= 11 is 0. The fraction of sp³-hybridized carbons (Fsp3) is 0.318. The zero-order valence-corrected chi connectivity index (χ0v) is 15.9. The SMILES string of the molecule is COc1ccc(N2CCN(Cc3coc(-c4cccc(C)c4)n3)CC2)cc1. The van der Waals surface area contributed by atoms with Gasteiger partial charge in [-0.1, -0.05) is 17.7 Å². The molecule has 5 heteroatoms. The zero-order chi connectivity index (χ0) is 18.6. The molecule has 2 heterocycles. The Balaban J connectivity index is 1.34. The van der Waals surface area contributed by atoms with Gasteiger partial charge in [0.2, 0.25) is 5.89 Å². The quantitative estimate of drug-likeness (QED) is 0.686. The van der Waals surface area contributed by atoms with Gasteiger partial charge in [0.05, 0.1) is 12.8 Å². The van der Waals surface area contributed by atoms with Crippen LogP contribution in [0.4, 0.5) is 5.69 Å². The third-order valence-electron chi connectivity index (χ3n) is 5.01. The summed E-state index contributed by atoms with van der Waals surface area (Å²) in [6.07, 6.45) is 1.79. The summed E-state index contributed by atoms with van der Waals surface area (Å²) in [6.45, 7) is 6.95. The van der Waals surface area contributed by atoms with Crippen LogP contribution in [0, 0.1) is 6.92 Å². The van der Waals surface area contributed by atoms with E-state index in [1.54, 1.807) is 13.4 Å². The van der Waals surface area contributed by atoms with Crippen molar-refractivity contribution >= 4 is 5.69 Å². The van der Waals surface area contributed by atoms with Gasteiger partial charge in [-0.15, -0.1) is 0 Å². The van der Waals surface area contributed by atoms with Crippen molar-refractivity contribution in [2.24, 2.45) is 0 Å². The first-order valence-corrected chi connectivity index (χ1v) is 9.34. The molecule has 0 bridgehead atoms. The second-order valence-corrected chi connectivity index (χ2v) is 6.97. The number of hydrogen-bond acceptors (Lipinski definition) is 5. The van der Waals surface area contributed by atoms with E-state index in [1.807, 2.05) is 24.3 Å². The Hall–Kier alpha value is -2.79. The van der Waals surface area contributed by atoms with Crippen LogP contribution in [0.15, 0.2) is 59.2 Å². The number of oxazole rings is 1. The van der Waals surface area contributed by atoms with Crippen LogP contribution in [-0.2, 0) is 6.54 Å². The molecule has 4 rings (SSSR count). The minimum atomic E-state index is 0.700. The number of aromatic nitrogens is 1. The van der Waals surface area contributed by atoms with Gasteiger partial charge >= 0.3 is 0 Å². The minimum absolute atomic E-state index is 0.700. The first-order valence-electron chi connectivity index (χ1n) is 9.34. The molecule has 27 heavy (non-hydrogen) atoms. The van der Waals surface area contributed by atoms with Crippen LogP contribution in [0.2, 0.25) is 0 Å². The second-order valence-electron chi connectivity index (χ2n) is 6.97. The molecule has 1 aliphatic heterocycles. The minimum Gasteiger partial charge on any atom is -0.497 e. The third kappa shape index (κ3) is 4.14. The molecule has 2 aromatic carbocycles. The summed E-state index contributed by atoms with van der Waals surface area (Å²) < 4.78 is 10.9. The number of anilines is 1. The lowest BCUT2D eigenvalue weighted by Gasteiger charge is -2.35. The van der Waals surface area contributed by atoms with Crippen molar-refractivity contribution in [2.75, 3.05) is 38.2 Å². The lowest BCUT2D eigenvalue weighted by Crippen LogP contribution is -2.46. The monoisotopic (exact) mass is 363 g/mol. The van der Waals surface area contributed by atoms with E-state index in [0.29, 0.717) is 5.89 Å². The predicted octanol–water partition coefficient (Wildman–Crippen LogP) is 3.98. The van der Waals surface area contributed by atoms with Gasteiger partial charge in [-0.25, -0.2) is 4.98 Å².